The van der Waals surface area contributed by atoms with Crippen LogP contribution in [0.5, 0.6) is 0 Å². The molecule has 1 aliphatic rings. The molecule has 2 rings (SSSR count). The van der Waals surface area contributed by atoms with E-state index in [4.69, 9.17) is 4.74 Å². The molecule has 0 amide bonds. The third-order valence-corrected chi connectivity index (χ3v) is 3.97. The fraction of sp³-hybridized carbons (Fsp3) is 0.571. The third kappa shape index (κ3) is 6.80. The van der Waals surface area contributed by atoms with Crippen LogP contribution in [0, 0.1) is 6.92 Å². The first kappa shape index (κ1) is 26.5. The van der Waals surface area contributed by atoms with Crippen LogP contribution < -0.4 is 80.6 Å². The van der Waals surface area contributed by atoms with Gasteiger partial charge in [0.05, 0.1) is 24.6 Å². The summed E-state index contributed by atoms with van der Waals surface area (Å²) in [5.41, 5.74) is -1.03. The van der Waals surface area contributed by atoms with E-state index >= 15 is 0 Å². The molecular formula is C14H17N3Na2O8. The molecule has 138 valence electrons. The summed E-state index contributed by atoms with van der Waals surface area (Å²) in [4.78, 5) is 48.3. The second-order valence-corrected chi connectivity index (χ2v) is 5.74. The number of rotatable bonds is 7. The first-order chi connectivity index (χ1) is 11.7. The Kier molecular flexibility index (Phi) is 11.3. The number of aromatic nitrogens is 2. The number of nitrogens with one attached hydrogen (secondary N) is 1. The topological polar surface area (TPSA) is 168 Å². The van der Waals surface area contributed by atoms with Gasteiger partial charge in [0.15, 0.2) is 0 Å². The summed E-state index contributed by atoms with van der Waals surface area (Å²) in [5.74, 6) is -3.00. The van der Waals surface area contributed by atoms with Crippen molar-refractivity contribution in [2.45, 2.75) is 31.7 Å². The van der Waals surface area contributed by atoms with Crippen LogP contribution in [0.15, 0.2) is 15.8 Å². The van der Waals surface area contributed by atoms with Crippen molar-refractivity contribution >= 4 is 11.9 Å². The summed E-state index contributed by atoms with van der Waals surface area (Å²) in [6.45, 7) is -0.437. The van der Waals surface area contributed by atoms with Crippen LogP contribution in [0.3, 0.4) is 0 Å². The second-order valence-electron chi connectivity index (χ2n) is 5.74. The van der Waals surface area contributed by atoms with Crippen molar-refractivity contribution in [1.29, 1.82) is 0 Å². The first-order valence-electron chi connectivity index (χ1n) is 7.45. The van der Waals surface area contributed by atoms with Gasteiger partial charge in [0, 0.05) is 37.3 Å². The number of nitrogens with zero attached hydrogens (tertiary/aromatic N) is 2. The first-order valence-corrected chi connectivity index (χ1v) is 7.45. The number of ether oxygens (including phenoxy) is 1. The number of carbonyl (C=O) groups excluding carboxylic acids is 2. The van der Waals surface area contributed by atoms with Crippen molar-refractivity contribution in [3.8, 4) is 0 Å². The van der Waals surface area contributed by atoms with Crippen molar-refractivity contribution in [3.63, 3.8) is 0 Å². The van der Waals surface area contributed by atoms with Gasteiger partial charge in [-0.25, -0.2) is 4.79 Å². The Morgan fingerprint density at radius 1 is 1.30 bits per heavy atom. The predicted molar refractivity (Wildman–Crippen MR) is 77.0 cm³/mol. The molecule has 0 unspecified atom stereocenters. The largest absolute Gasteiger partial charge is 1.00 e. The zero-order chi connectivity index (χ0) is 18.7. The van der Waals surface area contributed by atoms with Gasteiger partial charge < -0.3 is 29.6 Å². The van der Waals surface area contributed by atoms with Gasteiger partial charge in [-0.05, 0) is 6.92 Å². The molecule has 1 aromatic rings. The number of carboxylic acid groups (broad SMARTS) is 2. The van der Waals surface area contributed by atoms with Crippen molar-refractivity contribution in [2.24, 2.45) is 0 Å². The Morgan fingerprint density at radius 2 is 1.85 bits per heavy atom. The van der Waals surface area contributed by atoms with Crippen LogP contribution in [-0.2, 0) is 14.3 Å². The quantitative estimate of drug-likeness (QED) is 0.422. The monoisotopic (exact) mass is 401 g/mol. The van der Waals surface area contributed by atoms with E-state index < -0.39 is 61.3 Å². The van der Waals surface area contributed by atoms with Gasteiger partial charge in [-0.15, -0.1) is 0 Å². The molecule has 0 radical (unpaired) electrons. The van der Waals surface area contributed by atoms with Crippen LogP contribution in [0.1, 0.15) is 18.2 Å². The molecule has 0 aliphatic carbocycles. The van der Waals surface area contributed by atoms with E-state index in [1.807, 2.05) is 0 Å². The Bertz CT molecular complexity index is 764. The summed E-state index contributed by atoms with van der Waals surface area (Å²) in [7, 11) is 0. The minimum absolute atomic E-state index is 0. The van der Waals surface area contributed by atoms with Crippen molar-refractivity contribution < 1.29 is 88.8 Å². The molecular weight excluding hydrogens is 384 g/mol. The Balaban J connectivity index is 0.00000338. The van der Waals surface area contributed by atoms with Crippen molar-refractivity contribution in [2.75, 3.05) is 19.7 Å². The molecule has 13 heteroatoms. The molecule has 1 aliphatic heterocycles. The summed E-state index contributed by atoms with van der Waals surface area (Å²) in [6.07, 6.45) is -0.527. The third-order valence-electron chi connectivity index (χ3n) is 3.97. The fourth-order valence-corrected chi connectivity index (χ4v) is 2.86. The van der Waals surface area contributed by atoms with Crippen LogP contribution in [0.2, 0.25) is 0 Å². The van der Waals surface area contributed by atoms with Crippen LogP contribution in [0.4, 0.5) is 0 Å². The molecule has 2 heterocycles. The molecule has 11 nitrogen and oxygen atoms in total. The number of aliphatic hydroxyl groups excluding tert-OH is 1. The van der Waals surface area contributed by atoms with Crippen molar-refractivity contribution in [1.82, 2.24) is 14.5 Å². The van der Waals surface area contributed by atoms with E-state index in [9.17, 15) is 34.5 Å². The van der Waals surface area contributed by atoms with E-state index in [0.29, 0.717) is 0 Å². The zero-order valence-electron chi connectivity index (χ0n) is 15.3. The van der Waals surface area contributed by atoms with Gasteiger partial charge >= 0.3 is 64.8 Å². The molecule has 0 aromatic carbocycles. The summed E-state index contributed by atoms with van der Waals surface area (Å²) >= 11 is 0. The van der Waals surface area contributed by atoms with E-state index in [1.54, 1.807) is 0 Å². The molecule has 2 N–H and O–H groups in total. The molecule has 0 saturated carbocycles. The number of carbonyl (C=O) groups is 2. The van der Waals surface area contributed by atoms with E-state index in [0.717, 1.165) is 9.47 Å². The number of hydrogen-bond acceptors (Lipinski definition) is 9. The zero-order valence-corrected chi connectivity index (χ0v) is 19.3. The number of aliphatic carboxylic acids is 2. The predicted octanol–water partition coefficient (Wildman–Crippen LogP) is -10.7. The fourth-order valence-electron chi connectivity index (χ4n) is 2.86. The minimum atomic E-state index is -1.50. The smallest absolute Gasteiger partial charge is 0.549 e. The van der Waals surface area contributed by atoms with Crippen molar-refractivity contribution in [3.05, 3.63) is 32.6 Å². The summed E-state index contributed by atoms with van der Waals surface area (Å²) in [6, 6.07) is -0.801. The Morgan fingerprint density at radius 3 is 2.33 bits per heavy atom. The van der Waals surface area contributed by atoms with Crippen LogP contribution >= 0.6 is 0 Å². The van der Waals surface area contributed by atoms with Gasteiger partial charge in [0.25, 0.3) is 5.56 Å². The second kappa shape index (κ2) is 11.5. The van der Waals surface area contributed by atoms with E-state index in [-0.39, 0.29) is 71.1 Å². The summed E-state index contributed by atoms with van der Waals surface area (Å²) in [5, 5.41) is 31.2. The van der Waals surface area contributed by atoms with E-state index in [1.165, 1.54) is 13.1 Å². The normalized spacial score (nSPS) is 21.4. The molecule has 1 aromatic heterocycles. The molecule has 1 saturated heterocycles. The Labute approximate surface area is 197 Å². The molecule has 3 atom stereocenters. The van der Waals surface area contributed by atoms with Gasteiger partial charge in [-0.3, -0.25) is 19.2 Å². The van der Waals surface area contributed by atoms with Gasteiger partial charge in [0.2, 0.25) is 0 Å². The number of aliphatic hydroxyl groups is 1. The van der Waals surface area contributed by atoms with E-state index in [2.05, 4.69) is 4.98 Å². The minimum Gasteiger partial charge on any atom is -0.549 e. The molecule has 0 spiro atoms. The number of hydrogen-bond donors (Lipinski definition) is 2. The van der Waals surface area contributed by atoms with Gasteiger partial charge in [-0.2, -0.15) is 0 Å². The average molecular weight is 401 g/mol. The molecule has 0 bridgehead atoms. The standard InChI is InChI=1S/C14H19N3O8.2Na/c1-7-3-17(14(24)15-13(7)23)10-2-8(9(6-18)25-10)16(4-11(19)20)5-12(21)22;;/h3,8-10,18H,2,4-6H2,1H3,(H,19,20)(H,21,22)(H,15,23,24);;/q;2*+1/p-2/t8-,9+,10+;;/m0../s1. The van der Waals surface area contributed by atoms with Gasteiger partial charge in [-0.1, -0.05) is 0 Å². The molecule has 27 heavy (non-hydrogen) atoms. The number of aryl methyl sites for hydroxylation is 1. The van der Waals surface area contributed by atoms with Crippen LogP contribution in [-0.4, -0.2) is 63.3 Å². The Hall–Kier alpha value is -0.500. The number of aromatic amines is 1. The van der Waals surface area contributed by atoms with Crippen LogP contribution in [0.25, 0.3) is 0 Å². The number of H-pyrrole nitrogens is 1. The SMILES string of the molecule is Cc1cn([C@H]2C[C@H](N(CC(=O)[O-])CC(=O)[O-])[C@@H](CO)O2)c(=O)[nH]c1=O.[Na+].[Na+]. The summed E-state index contributed by atoms with van der Waals surface area (Å²) < 4.78 is 6.66. The maximum Gasteiger partial charge on any atom is 1.00 e. The average Bonchev–Trinajstić information content (AvgIpc) is 2.93. The maximum absolute atomic E-state index is 11.9. The maximum atomic E-state index is 11.9. The molecule has 1 fully saturated rings. The van der Waals surface area contributed by atoms with Gasteiger partial charge in [0.1, 0.15) is 6.23 Å². The number of carboxylic acids is 2.